The highest BCUT2D eigenvalue weighted by molar-refractivity contribution is 6.18. The number of rotatable bonds is 3. The lowest BCUT2D eigenvalue weighted by molar-refractivity contribution is 0.465. The number of phenols is 2. The molecular formula is C22H29ClO2. The fourth-order valence-electron chi connectivity index (χ4n) is 3.99. The van der Waals surface area contributed by atoms with Crippen molar-refractivity contribution in [3.63, 3.8) is 0 Å². The van der Waals surface area contributed by atoms with Crippen molar-refractivity contribution in [2.24, 2.45) is 0 Å². The van der Waals surface area contributed by atoms with Crippen molar-refractivity contribution in [2.45, 2.75) is 61.3 Å². The Balaban J connectivity index is 2.90. The van der Waals surface area contributed by atoms with Gasteiger partial charge in [-0.05, 0) is 111 Å². The van der Waals surface area contributed by atoms with Crippen LogP contribution in [0, 0.1) is 55.4 Å². The largest absolute Gasteiger partial charge is 0.507 e. The van der Waals surface area contributed by atoms with Gasteiger partial charge in [-0.25, -0.2) is 0 Å². The maximum Gasteiger partial charge on any atom is 0.121 e. The summed E-state index contributed by atoms with van der Waals surface area (Å²) in [6.45, 7) is 16.1. The van der Waals surface area contributed by atoms with Gasteiger partial charge in [-0.3, -0.25) is 0 Å². The normalized spacial score (nSPS) is 11.4. The summed E-state index contributed by atoms with van der Waals surface area (Å²) in [5.74, 6) is 1.23. The van der Waals surface area contributed by atoms with Crippen molar-refractivity contribution < 1.29 is 10.2 Å². The van der Waals surface area contributed by atoms with E-state index in [4.69, 9.17) is 11.6 Å². The quantitative estimate of drug-likeness (QED) is 0.665. The van der Waals surface area contributed by atoms with E-state index in [0.717, 1.165) is 44.5 Å². The first kappa shape index (κ1) is 19.7. The molecular weight excluding hydrogens is 332 g/mol. The second-order valence-corrected chi connectivity index (χ2v) is 7.54. The van der Waals surface area contributed by atoms with Gasteiger partial charge in [0.15, 0.2) is 0 Å². The van der Waals surface area contributed by atoms with Gasteiger partial charge < -0.3 is 10.2 Å². The topological polar surface area (TPSA) is 40.5 Å². The Morgan fingerprint density at radius 2 is 0.800 bits per heavy atom. The number of benzene rings is 2. The summed E-state index contributed by atoms with van der Waals surface area (Å²) in [5.41, 5.74) is 10.4. The standard InChI is InChI=1S/C22H29ClO2/c1-10-14(5)21(24)15(6)11(2)19(10)18(9-23)20-12(3)16(7)22(25)17(8)13(20)4/h18,24-25H,9H2,1-8H3. The van der Waals surface area contributed by atoms with E-state index >= 15 is 0 Å². The average molecular weight is 361 g/mol. The lowest BCUT2D eigenvalue weighted by Crippen LogP contribution is -2.14. The van der Waals surface area contributed by atoms with Crippen molar-refractivity contribution in [1.29, 1.82) is 0 Å². The fourth-order valence-corrected chi connectivity index (χ4v) is 4.30. The third-order valence-corrected chi connectivity index (χ3v) is 6.45. The van der Waals surface area contributed by atoms with Crippen LogP contribution in [-0.4, -0.2) is 16.1 Å². The Labute approximate surface area is 156 Å². The molecule has 0 aliphatic rings. The predicted octanol–water partition coefficient (Wildman–Crippen LogP) is 5.94. The Morgan fingerprint density at radius 1 is 0.560 bits per heavy atom. The first-order valence-electron chi connectivity index (χ1n) is 8.70. The molecule has 0 saturated carbocycles. The molecule has 2 aromatic carbocycles. The second-order valence-electron chi connectivity index (χ2n) is 7.23. The Bertz CT molecular complexity index is 723. The molecule has 0 unspecified atom stereocenters. The Morgan fingerprint density at radius 3 is 1.00 bits per heavy atom. The van der Waals surface area contributed by atoms with Crippen LogP contribution in [0.1, 0.15) is 61.6 Å². The van der Waals surface area contributed by atoms with Crippen LogP contribution >= 0.6 is 11.6 Å². The summed E-state index contributed by atoms with van der Waals surface area (Å²) in [6, 6.07) is 0. The van der Waals surface area contributed by atoms with E-state index in [1.54, 1.807) is 0 Å². The zero-order valence-electron chi connectivity index (χ0n) is 16.6. The summed E-state index contributed by atoms with van der Waals surface area (Å²) in [6.07, 6.45) is 0. The number of hydrogen-bond donors (Lipinski definition) is 2. The summed E-state index contributed by atoms with van der Waals surface area (Å²) < 4.78 is 0. The molecule has 3 heteroatoms. The molecule has 0 radical (unpaired) electrons. The maximum absolute atomic E-state index is 10.4. The van der Waals surface area contributed by atoms with Crippen LogP contribution in [-0.2, 0) is 0 Å². The molecule has 2 nitrogen and oxygen atoms in total. The van der Waals surface area contributed by atoms with Crippen molar-refractivity contribution >= 4 is 11.6 Å². The van der Waals surface area contributed by atoms with Crippen molar-refractivity contribution in [3.05, 3.63) is 55.6 Å². The van der Waals surface area contributed by atoms with E-state index in [0.29, 0.717) is 17.4 Å². The van der Waals surface area contributed by atoms with E-state index in [1.807, 2.05) is 27.7 Å². The van der Waals surface area contributed by atoms with Crippen LogP contribution in [0.3, 0.4) is 0 Å². The van der Waals surface area contributed by atoms with Gasteiger partial charge in [0.25, 0.3) is 0 Å². The number of halogens is 1. The molecule has 25 heavy (non-hydrogen) atoms. The maximum atomic E-state index is 10.4. The monoisotopic (exact) mass is 360 g/mol. The molecule has 0 aliphatic carbocycles. The average Bonchev–Trinajstić information content (AvgIpc) is 2.60. The summed E-state index contributed by atoms with van der Waals surface area (Å²) in [4.78, 5) is 0. The molecule has 0 spiro atoms. The van der Waals surface area contributed by atoms with Crippen LogP contribution in [0.4, 0.5) is 0 Å². The third-order valence-electron chi connectivity index (χ3n) is 6.14. The number of alkyl halides is 1. The molecule has 0 heterocycles. The molecule has 0 bridgehead atoms. The minimum atomic E-state index is 0.0256. The summed E-state index contributed by atoms with van der Waals surface area (Å²) in [5, 5.41) is 20.8. The molecule has 0 fully saturated rings. The van der Waals surface area contributed by atoms with Gasteiger partial charge in [0.2, 0.25) is 0 Å². The van der Waals surface area contributed by atoms with Crippen molar-refractivity contribution in [1.82, 2.24) is 0 Å². The van der Waals surface area contributed by atoms with Crippen LogP contribution in [0.25, 0.3) is 0 Å². The lowest BCUT2D eigenvalue weighted by Gasteiger charge is -2.28. The number of aromatic hydroxyl groups is 2. The Kier molecular flexibility index (Phi) is 5.44. The SMILES string of the molecule is Cc1c(C)c(C(CCl)c2c(C)c(C)c(O)c(C)c2C)c(C)c(C)c1O. The predicted molar refractivity (Wildman–Crippen MR) is 107 cm³/mol. The third kappa shape index (κ3) is 2.91. The van der Waals surface area contributed by atoms with Crippen LogP contribution < -0.4 is 0 Å². The molecule has 0 aliphatic heterocycles. The van der Waals surface area contributed by atoms with Crippen molar-refractivity contribution in [3.8, 4) is 11.5 Å². The van der Waals surface area contributed by atoms with Gasteiger partial charge in [-0.15, -0.1) is 11.6 Å². The highest BCUT2D eigenvalue weighted by Gasteiger charge is 2.27. The number of phenolic OH excluding ortho intramolecular Hbond substituents is 2. The highest BCUT2D eigenvalue weighted by Crippen LogP contribution is 2.43. The molecule has 0 aromatic heterocycles. The molecule has 0 saturated heterocycles. The fraction of sp³-hybridized carbons (Fsp3) is 0.455. The Hall–Kier alpha value is -1.67. The van der Waals surface area contributed by atoms with E-state index in [-0.39, 0.29) is 5.92 Å². The van der Waals surface area contributed by atoms with Crippen LogP contribution in [0.15, 0.2) is 0 Å². The molecule has 0 amide bonds. The van der Waals surface area contributed by atoms with Gasteiger partial charge in [0, 0.05) is 11.8 Å². The molecule has 2 aromatic rings. The van der Waals surface area contributed by atoms with E-state index < -0.39 is 0 Å². The van der Waals surface area contributed by atoms with Crippen molar-refractivity contribution in [2.75, 3.05) is 5.88 Å². The van der Waals surface area contributed by atoms with Gasteiger partial charge in [-0.1, -0.05) is 0 Å². The smallest absolute Gasteiger partial charge is 0.121 e. The molecule has 0 atom stereocenters. The first-order valence-corrected chi connectivity index (χ1v) is 9.23. The molecule has 2 N–H and O–H groups in total. The second kappa shape index (κ2) is 6.92. The van der Waals surface area contributed by atoms with E-state index in [2.05, 4.69) is 27.7 Å². The number of hydrogen-bond acceptors (Lipinski definition) is 2. The minimum Gasteiger partial charge on any atom is -0.507 e. The van der Waals surface area contributed by atoms with Gasteiger partial charge in [0.05, 0.1) is 0 Å². The highest BCUT2D eigenvalue weighted by atomic mass is 35.5. The van der Waals surface area contributed by atoms with Gasteiger partial charge >= 0.3 is 0 Å². The first-order chi connectivity index (χ1) is 11.6. The summed E-state index contributed by atoms with van der Waals surface area (Å²) in [7, 11) is 0. The van der Waals surface area contributed by atoms with Gasteiger partial charge in [-0.2, -0.15) is 0 Å². The van der Waals surface area contributed by atoms with E-state index in [1.165, 1.54) is 11.1 Å². The molecule has 136 valence electrons. The minimum absolute atomic E-state index is 0.0256. The van der Waals surface area contributed by atoms with Crippen LogP contribution in [0.2, 0.25) is 0 Å². The van der Waals surface area contributed by atoms with Crippen LogP contribution in [0.5, 0.6) is 11.5 Å². The zero-order valence-corrected chi connectivity index (χ0v) is 17.3. The van der Waals surface area contributed by atoms with E-state index in [9.17, 15) is 10.2 Å². The lowest BCUT2D eigenvalue weighted by atomic mass is 9.78. The summed E-state index contributed by atoms with van der Waals surface area (Å²) >= 11 is 6.49. The van der Waals surface area contributed by atoms with Gasteiger partial charge in [0.1, 0.15) is 11.5 Å². The molecule has 2 rings (SSSR count). The zero-order chi connectivity index (χ0) is 19.2.